The first-order valence-corrected chi connectivity index (χ1v) is 14.4. The van der Waals surface area contributed by atoms with Gasteiger partial charge in [-0.15, -0.1) is 0 Å². The second kappa shape index (κ2) is 10.5. The number of hydrogen-bond acceptors (Lipinski definition) is 7. The number of nitrogens with two attached hydrogens (primary N) is 1. The number of aliphatic imine (C=N–C) groups is 2. The van der Waals surface area contributed by atoms with Crippen LogP contribution in [0, 0.1) is 17.6 Å². The van der Waals surface area contributed by atoms with Crippen molar-refractivity contribution in [3.05, 3.63) is 64.7 Å². The lowest BCUT2D eigenvalue weighted by atomic mass is 9.74. The van der Waals surface area contributed by atoms with Crippen molar-refractivity contribution in [1.82, 2.24) is 5.32 Å². The van der Waals surface area contributed by atoms with Gasteiger partial charge in [-0.1, -0.05) is 6.07 Å². The molecule has 0 saturated heterocycles. The number of rotatable bonds is 6. The summed E-state index contributed by atoms with van der Waals surface area (Å²) in [7, 11) is -3.66. The Bertz CT molecular complexity index is 1420. The van der Waals surface area contributed by atoms with Crippen molar-refractivity contribution < 1.29 is 27.1 Å². The number of carbonyl (C=O) groups is 1. The molecule has 11 heteroatoms. The molecule has 1 aliphatic heterocycles. The van der Waals surface area contributed by atoms with E-state index in [1.165, 1.54) is 18.2 Å². The lowest BCUT2D eigenvalue weighted by Gasteiger charge is -2.39. The number of hydrogen-bond donors (Lipinski definition) is 3. The minimum atomic E-state index is -3.66. The standard InChI is InChI=1S/C27H32F2N4O4S/c1-15(17-10-19(28)13-21(11-17)38(3,36)37)32-26(35)22-9-4-16(12-23(22)29)24-25(30)31-14-27(2,33-24)18-5-7-20(34)8-6-18/h4,9-13,15,18,20,34H,5-8,14H2,1-3H3,(H2,30,31)(H,32,35)/t15-,18-,20-,27?/m1/s1. The molecule has 0 bridgehead atoms. The molecule has 1 amide bonds. The third kappa shape index (κ3) is 5.94. The van der Waals surface area contributed by atoms with E-state index < -0.39 is 39.0 Å². The third-order valence-corrected chi connectivity index (χ3v) is 8.50. The second-order valence-corrected chi connectivity index (χ2v) is 12.4. The van der Waals surface area contributed by atoms with E-state index in [0.29, 0.717) is 30.7 Å². The van der Waals surface area contributed by atoms with Gasteiger partial charge in [0.25, 0.3) is 5.91 Å². The summed E-state index contributed by atoms with van der Waals surface area (Å²) in [6.45, 7) is 3.95. The Labute approximate surface area is 221 Å². The monoisotopic (exact) mass is 546 g/mol. The first kappa shape index (κ1) is 27.8. The summed E-state index contributed by atoms with van der Waals surface area (Å²) in [5.41, 5.74) is 6.32. The molecule has 204 valence electrons. The molecule has 38 heavy (non-hydrogen) atoms. The maximum absolute atomic E-state index is 15.1. The summed E-state index contributed by atoms with van der Waals surface area (Å²) in [5.74, 6) is -1.91. The van der Waals surface area contributed by atoms with E-state index in [0.717, 1.165) is 31.2 Å². The predicted octanol–water partition coefficient (Wildman–Crippen LogP) is 3.33. The molecule has 8 nitrogen and oxygen atoms in total. The Morgan fingerprint density at radius 3 is 2.47 bits per heavy atom. The van der Waals surface area contributed by atoms with Gasteiger partial charge in [-0.25, -0.2) is 17.2 Å². The number of benzene rings is 2. The molecule has 4 N–H and O–H groups in total. The fourth-order valence-corrected chi connectivity index (χ4v) is 5.73. The zero-order chi connectivity index (χ0) is 27.8. The van der Waals surface area contributed by atoms with Crippen LogP contribution in [0.1, 0.15) is 67.1 Å². The zero-order valence-corrected chi connectivity index (χ0v) is 22.4. The Kier molecular flexibility index (Phi) is 7.72. The van der Waals surface area contributed by atoms with E-state index in [-0.39, 0.29) is 33.9 Å². The van der Waals surface area contributed by atoms with Gasteiger partial charge in [0.05, 0.1) is 34.7 Å². The van der Waals surface area contributed by atoms with Crippen LogP contribution in [-0.2, 0) is 9.84 Å². The Hall–Kier alpha value is -3.18. The Morgan fingerprint density at radius 2 is 1.84 bits per heavy atom. The first-order chi connectivity index (χ1) is 17.8. The first-order valence-electron chi connectivity index (χ1n) is 12.5. The Morgan fingerprint density at radius 1 is 1.16 bits per heavy atom. The summed E-state index contributed by atoms with van der Waals surface area (Å²) in [6, 6.07) is 6.54. The van der Waals surface area contributed by atoms with E-state index in [4.69, 9.17) is 10.7 Å². The number of sulfone groups is 1. The summed E-state index contributed by atoms with van der Waals surface area (Å²) in [6.07, 6.45) is 3.69. The van der Waals surface area contributed by atoms with Crippen molar-refractivity contribution in [3.8, 4) is 0 Å². The van der Waals surface area contributed by atoms with Gasteiger partial charge in [0.15, 0.2) is 9.84 Å². The van der Waals surface area contributed by atoms with Gasteiger partial charge >= 0.3 is 0 Å². The molecular weight excluding hydrogens is 514 g/mol. The maximum atomic E-state index is 15.1. The fourth-order valence-electron chi connectivity index (χ4n) is 5.05. The molecule has 1 aliphatic carbocycles. The molecule has 0 radical (unpaired) electrons. The average molecular weight is 547 g/mol. The van der Waals surface area contributed by atoms with Crippen LogP contribution in [0.3, 0.4) is 0 Å². The van der Waals surface area contributed by atoms with Crippen molar-refractivity contribution in [1.29, 1.82) is 0 Å². The third-order valence-electron chi connectivity index (χ3n) is 7.41. The normalized spacial score (nSPS) is 24.8. The van der Waals surface area contributed by atoms with Crippen LogP contribution < -0.4 is 11.1 Å². The highest BCUT2D eigenvalue weighted by Crippen LogP contribution is 2.37. The summed E-state index contributed by atoms with van der Waals surface area (Å²) < 4.78 is 52.8. The topological polar surface area (TPSA) is 134 Å². The lowest BCUT2D eigenvalue weighted by molar-refractivity contribution is 0.0880. The Balaban J connectivity index is 1.55. The van der Waals surface area contributed by atoms with Crippen LogP contribution in [0.4, 0.5) is 8.78 Å². The highest BCUT2D eigenvalue weighted by molar-refractivity contribution is 7.90. The molecule has 1 fully saturated rings. The summed E-state index contributed by atoms with van der Waals surface area (Å²) in [5, 5.41) is 12.4. The summed E-state index contributed by atoms with van der Waals surface area (Å²) in [4.78, 5) is 22.0. The molecule has 1 saturated carbocycles. The van der Waals surface area contributed by atoms with E-state index in [9.17, 15) is 22.7 Å². The van der Waals surface area contributed by atoms with Crippen molar-refractivity contribution >= 4 is 27.3 Å². The van der Waals surface area contributed by atoms with Gasteiger partial charge in [-0.3, -0.25) is 14.8 Å². The SMILES string of the molecule is C[C@@H](NC(=O)c1ccc(C2=NC(C)([C@H]3CC[C@H](O)CC3)CN=C2N)cc1F)c1cc(F)cc(S(C)(=O)=O)c1. The van der Waals surface area contributed by atoms with Crippen LogP contribution in [0.15, 0.2) is 51.3 Å². The zero-order valence-electron chi connectivity index (χ0n) is 21.5. The summed E-state index contributed by atoms with van der Waals surface area (Å²) >= 11 is 0. The van der Waals surface area contributed by atoms with Crippen molar-refractivity contribution in [3.63, 3.8) is 0 Å². The average Bonchev–Trinajstić information content (AvgIpc) is 2.85. The molecule has 1 unspecified atom stereocenters. The molecule has 2 aliphatic rings. The second-order valence-electron chi connectivity index (χ2n) is 10.4. The van der Waals surface area contributed by atoms with E-state index in [2.05, 4.69) is 10.3 Å². The number of nitrogens with one attached hydrogen (secondary N) is 1. The van der Waals surface area contributed by atoms with Gasteiger partial charge in [0.1, 0.15) is 23.2 Å². The number of aliphatic hydroxyl groups is 1. The molecular formula is C27H32F2N4O4S. The van der Waals surface area contributed by atoms with Crippen molar-refractivity contribution in [2.24, 2.45) is 21.6 Å². The van der Waals surface area contributed by atoms with Crippen molar-refractivity contribution in [2.45, 2.75) is 62.1 Å². The number of nitrogens with zero attached hydrogens (tertiary/aromatic N) is 2. The molecule has 2 aromatic rings. The van der Waals surface area contributed by atoms with Crippen LogP contribution in [0.5, 0.6) is 0 Å². The van der Waals surface area contributed by atoms with Crippen LogP contribution >= 0.6 is 0 Å². The van der Waals surface area contributed by atoms with Gasteiger partial charge in [-0.05, 0) is 81.3 Å². The van der Waals surface area contributed by atoms with E-state index in [1.807, 2.05) is 6.92 Å². The smallest absolute Gasteiger partial charge is 0.254 e. The fraction of sp³-hybridized carbons (Fsp3) is 0.444. The number of amidine groups is 1. The van der Waals surface area contributed by atoms with Gasteiger partial charge in [0.2, 0.25) is 0 Å². The van der Waals surface area contributed by atoms with Gasteiger partial charge in [0, 0.05) is 11.8 Å². The quantitative estimate of drug-likeness (QED) is 0.511. The number of carbonyl (C=O) groups excluding carboxylic acids is 1. The molecule has 0 spiro atoms. The maximum Gasteiger partial charge on any atom is 0.254 e. The molecule has 0 aromatic heterocycles. The highest BCUT2D eigenvalue weighted by atomic mass is 32.2. The van der Waals surface area contributed by atoms with Gasteiger partial charge < -0.3 is 16.2 Å². The van der Waals surface area contributed by atoms with Crippen LogP contribution in [0.2, 0.25) is 0 Å². The molecule has 1 heterocycles. The highest BCUT2D eigenvalue weighted by Gasteiger charge is 2.39. The minimum absolute atomic E-state index is 0.191. The minimum Gasteiger partial charge on any atom is -0.393 e. The molecule has 2 atom stereocenters. The number of aliphatic hydroxyl groups excluding tert-OH is 1. The molecule has 4 rings (SSSR count). The lowest BCUT2D eigenvalue weighted by Crippen LogP contribution is -2.45. The van der Waals surface area contributed by atoms with Gasteiger partial charge in [-0.2, -0.15) is 0 Å². The largest absolute Gasteiger partial charge is 0.393 e. The van der Waals surface area contributed by atoms with Crippen molar-refractivity contribution in [2.75, 3.05) is 12.8 Å². The van der Waals surface area contributed by atoms with Crippen LogP contribution in [0.25, 0.3) is 0 Å². The number of halogens is 2. The van der Waals surface area contributed by atoms with E-state index in [1.54, 1.807) is 13.0 Å². The predicted molar refractivity (Wildman–Crippen MR) is 141 cm³/mol. The number of amides is 1. The van der Waals surface area contributed by atoms with E-state index >= 15 is 4.39 Å². The van der Waals surface area contributed by atoms with Crippen LogP contribution in [-0.4, -0.2) is 55.4 Å². The molecule has 2 aromatic carbocycles.